The first-order valence-corrected chi connectivity index (χ1v) is 13.8. The zero-order chi connectivity index (χ0) is 30.1. The van der Waals surface area contributed by atoms with Crippen molar-refractivity contribution in [3.05, 3.63) is 89.1 Å². The van der Waals surface area contributed by atoms with Crippen molar-refractivity contribution in [2.75, 3.05) is 31.1 Å². The van der Waals surface area contributed by atoms with E-state index >= 15 is 0 Å². The molecule has 0 spiro atoms. The Hall–Kier alpha value is -3.25. The molecule has 1 unspecified atom stereocenters. The number of rotatable bonds is 6. The number of benzene rings is 2. The Kier molecular flexibility index (Phi) is 8.75. The van der Waals surface area contributed by atoms with Gasteiger partial charge < -0.3 is 9.64 Å². The second-order valence-electron chi connectivity index (χ2n) is 10.9. The van der Waals surface area contributed by atoms with Crippen LogP contribution in [0.15, 0.2) is 61.1 Å². The summed E-state index contributed by atoms with van der Waals surface area (Å²) >= 11 is 0. The van der Waals surface area contributed by atoms with Crippen molar-refractivity contribution in [2.24, 2.45) is 0 Å². The van der Waals surface area contributed by atoms with Gasteiger partial charge in [-0.15, -0.1) is 0 Å². The van der Waals surface area contributed by atoms with Gasteiger partial charge in [-0.2, -0.15) is 26.3 Å². The molecule has 0 bridgehead atoms. The highest BCUT2D eigenvalue weighted by atomic mass is 19.4. The minimum atomic E-state index is -4.95. The summed E-state index contributed by atoms with van der Waals surface area (Å²) in [5, 5.41) is 0. The molecule has 0 amide bonds. The molecule has 1 aromatic heterocycles. The van der Waals surface area contributed by atoms with Crippen LogP contribution in [0.4, 0.5) is 36.6 Å². The van der Waals surface area contributed by atoms with Gasteiger partial charge in [0.25, 0.3) is 0 Å². The predicted octanol–water partition coefficient (Wildman–Crippen LogP) is 7.26. The van der Waals surface area contributed by atoms with Crippen LogP contribution in [0.3, 0.4) is 0 Å². The summed E-state index contributed by atoms with van der Waals surface area (Å²) in [6, 6.07) is 7.73. The van der Waals surface area contributed by atoms with Crippen LogP contribution < -0.4 is 4.90 Å². The van der Waals surface area contributed by atoms with Crippen LogP contribution in [-0.2, 0) is 17.1 Å². The average molecular weight is 597 g/mol. The van der Waals surface area contributed by atoms with E-state index in [1.165, 1.54) is 19.1 Å². The number of hydrogen-bond donors (Lipinski definition) is 0. The number of alkyl halides is 6. The van der Waals surface area contributed by atoms with Crippen LogP contribution in [0.5, 0.6) is 0 Å². The lowest BCUT2D eigenvalue weighted by molar-refractivity contribution is -0.143. The molecule has 226 valence electrons. The molecule has 2 aromatic carbocycles. The molecule has 5 nitrogen and oxygen atoms in total. The minimum Gasteiger partial charge on any atom is -0.370 e. The van der Waals surface area contributed by atoms with Crippen LogP contribution >= 0.6 is 0 Å². The van der Waals surface area contributed by atoms with Crippen LogP contribution in [-0.4, -0.2) is 53.2 Å². The maximum absolute atomic E-state index is 13.8. The molecule has 12 heteroatoms. The molecular formula is C30H31F7N4O. The average Bonchev–Trinajstić information content (AvgIpc) is 2.97. The third-order valence-electron chi connectivity index (χ3n) is 8.12. The Morgan fingerprint density at radius 2 is 1.57 bits per heavy atom. The van der Waals surface area contributed by atoms with E-state index in [0.29, 0.717) is 31.6 Å². The first-order valence-electron chi connectivity index (χ1n) is 13.8. The summed E-state index contributed by atoms with van der Waals surface area (Å²) in [5.41, 5.74) is -2.17. The summed E-state index contributed by atoms with van der Waals surface area (Å²) in [4.78, 5) is 13.1. The lowest BCUT2D eigenvalue weighted by Gasteiger charge is -2.46. The first-order chi connectivity index (χ1) is 19.9. The Labute approximate surface area is 239 Å². The van der Waals surface area contributed by atoms with E-state index in [2.05, 4.69) is 19.8 Å². The minimum absolute atomic E-state index is 0.116. The van der Waals surface area contributed by atoms with E-state index in [4.69, 9.17) is 4.74 Å². The molecule has 42 heavy (non-hydrogen) atoms. The molecule has 5 rings (SSSR count). The lowest BCUT2D eigenvalue weighted by atomic mass is 9.86. The number of anilines is 1. The fraction of sp³-hybridized carbons (Fsp3) is 0.467. The van der Waals surface area contributed by atoms with Crippen LogP contribution in [0, 0.1) is 5.82 Å². The van der Waals surface area contributed by atoms with Crippen LogP contribution in [0.2, 0.25) is 0 Å². The molecule has 0 aliphatic carbocycles. The van der Waals surface area contributed by atoms with E-state index < -0.39 is 41.5 Å². The van der Waals surface area contributed by atoms with Crippen molar-refractivity contribution in [3.8, 4) is 0 Å². The number of ether oxygens (including phenoxy) is 1. The number of likely N-dealkylation sites (tertiary alicyclic amines) is 1. The lowest BCUT2D eigenvalue weighted by Crippen LogP contribution is -2.53. The molecule has 0 radical (unpaired) electrons. The topological polar surface area (TPSA) is 41.5 Å². The molecule has 3 heterocycles. The third-order valence-corrected chi connectivity index (χ3v) is 8.12. The standard InChI is InChI=1S/C30H31F7N4O/c1-19(21-13-22(29(32,33)34)15-23(14-21)30(35,36)37)42-27-8-12-40(18-26(27)20-4-6-24(31)7-5-20)25-3-2-11-41(17-25)28-16-38-9-10-39-28/h4-7,9-10,13-16,19,25-27H,2-3,8,11-12,17-18H2,1H3/t19-,25?,26-,27+/m1/s1. The number of aromatic nitrogens is 2. The number of nitrogens with zero attached hydrogens (tertiary/aromatic N) is 4. The smallest absolute Gasteiger partial charge is 0.370 e. The van der Waals surface area contributed by atoms with E-state index in [-0.39, 0.29) is 23.6 Å². The molecule has 4 atom stereocenters. The largest absolute Gasteiger partial charge is 0.416 e. The van der Waals surface area contributed by atoms with Gasteiger partial charge in [0.15, 0.2) is 0 Å². The van der Waals surface area contributed by atoms with Gasteiger partial charge in [0.1, 0.15) is 11.6 Å². The monoisotopic (exact) mass is 596 g/mol. The van der Waals surface area contributed by atoms with Gasteiger partial charge in [-0.05, 0) is 67.6 Å². The summed E-state index contributed by atoms with van der Waals surface area (Å²) in [5.74, 6) is 0.109. The first kappa shape index (κ1) is 30.2. The predicted molar refractivity (Wildman–Crippen MR) is 142 cm³/mol. The molecule has 2 fully saturated rings. The number of piperidine rings is 2. The maximum atomic E-state index is 13.8. The highest BCUT2D eigenvalue weighted by Crippen LogP contribution is 2.40. The molecular weight excluding hydrogens is 565 g/mol. The summed E-state index contributed by atoms with van der Waals surface area (Å²) in [6.07, 6.45) is -4.05. The molecule has 3 aromatic rings. The second kappa shape index (κ2) is 12.2. The molecule has 2 aliphatic rings. The van der Waals surface area contributed by atoms with Crippen molar-refractivity contribution >= 4 is 5.82 Å². The van der Waals surface area contributed by atoms with E-state index in [0.717, 1.165) is 37.3 Å². The van der Waals surface area contributed by atoms with Crippen molar-refractivity contribution in [1.29, 1.82) is 0 Å². The zero-order valence-electron chi connectivity index (χ0n) is 22.9. The van der Waals surface area contributed by atoms with E-state index in [1.807, 2.05) is 0 Å². The zero-order valence-corrected chi connectivity index (χ0v) is 22.9. The SMILES string of the molecule is C[C@@H](O[C@H]1CCN(C2CCCN(c3cnccn3)C2)C[C@@H]1c1ccc(F)cc1)c1cc(C(F)(F)F)cc(C(F)(F)F)c1. The Bertz CT molecular complexity index is 1300. The van der Waals surface area contributed by atoms with Crippen molar-refractivity contribution in [2.45, 2.75) is 62.7 Å². The quantitative estimate of drug-likeness (QED) is 0.280. The normalized spacial score (nSPS) is 23.1. The maximum Gasteiger partial charge on any atom is 0.416 e. The Balaban J connectivity index is 1.37. The van der Waals surface area contributed by atoms with Gasteiger partial charge >= 0.3 is 12.4 Å². The van der Waals surface area contributed by atoms with Crippen molar-refractivity contribution < 1.29 is 35.5 Å². The Morgan fingerprint density at radius 3 is 2.19 bits per heavy atom. The molecule has 2 aliphatic heterocycles. The van der Waals surface area contributed by atoms with Gasteiger partial charge in [-0.25, -0.2) is 9.37 Å². The second-order valence-corrected chi connectivity index (χ2v) is 10.9. The fourth-order valence-electron chi connectivity index (χ4n) is 5.95. The highest BCUT2D eigenvalue weighted by molar-refractivity contribution is 5.36. The van der Waals surface area contributed by atoms with Gasteiger partial charge in [-0.3, -0.25) is 9.88 Å². The van der Waals surface area contributed by atoms with E-state index in [9.17, 15) is 30.7 Å². The molecule has 0 N–H and O–H groups in total. The molecule has 0 saturated carbocycles. The van der Waals surface area contributed by atoms with Crippen LogP contribution in [0.25, 0.3) is 0 Å². The number of hydrogen-bond acceptors (Lipinski definition) is 5. The highest BCUT2D eigenvalue weighted by Gasteiger charge is 2.39. The van der Waals surface area contributed by atoms with Gasteiger partial charge in [0.2, 0.25) is 0 Å². The van der Waals surface area contributed by atoms with Crippen molar-refractivity contribution in [1.82, 2.24) is 14.9 Å². The summed E-state index contributed by atoms with van der Waals surface area (Å²) in [7, 11) is 0. The summed E-state index contributed by atoms with van der Waals surface area (Å²) < 4.78 is 101. The fourth-order valence-corrected chi connectivity index (χ4v) is 5.95. The van der Waals surface area contributed by atoms with Gasteiger partial charge in [0, 0.05) is 50.5 Å². The van der Waals surface area contributed by atoms with Crippen molar-refractivity contribution in [3.63, 3.8) is 0 Å². The molecule has 2 saturated heterocycles. The van der Waals surface area contributed by atoms with Gasteiger partial charge in [-0.1, -0.05) is 12.1 Å². The number of halogens is 7. The third kappa shape index (κ3) is 7.03. The summed E-state index contributed by atoms with van der Waals surface area (Å²) in [6.45, 7) is 4.22. The Morgan fingerprint density at radius 1 is 0.881 bits per heavy atom. The van der Waals surface area contributed by atoms with Crippen LogP contribution in [0.1, 0.15) is 60.5 Å². The van der Waals surface area contributed by atoms with E-state index in [1.54, 1.807) is 30.7 Å². The van der Waals surface area contributed by atoms with Gasteiger partial charge in [0.05, 0.1) is 29.5 Å².